The SMILES string of the molecule is O=S1(=O)N=C(Nc2ccccc2-n2cnnc2)c2c(F)cccc21. The highest BCUT2D eigenvalue weighted by molar-refractivity contribution is 7.90. The van der Waals surface area contributed by atoms with Gasteiger partial charge in [0, 0.05) is 0 Å². The maximum absolute atomic E-state index is 14.2. The van der Waals surface area contributed by atoms with E-state index in [0.29, 0.717) is 11.4 Å². The number of hydrogen-bond acceptors (Lipinski definition) is 5. The van der Waals surface area contributed by atoms with Crippen LogP contribution in [-0.2, 0) is 10.0 Å². The Morgan fingerprint density at radius 2 is 1.75 bits per heavy atom. The van der Waals surface area contributed by atoms with Crippen molar-refractivity contribution < 1.29 is 12.8 Å². The van der Waals surface area contributed by atoms with Gasteiger partial charge in [-0.05, 0) is 24.3 Å². The first kappa shape index (κ1) is 14.5. The number of hydrogen-bond donors (Lipinski definition) is 1. The summed E-state index contributed by atoms with van der Waals surface area (Å²) in [4.78, 5) is -0.147. The van der Waals surface area contributed by atoms with Crippen molar-refractivity contribution in [2.24, 2.45) is 4.40 Å². The van der Waals surface area contributed by atoms with Gasteiger partial charge in [0.25, 0.3) is 10.0 Å². The Balaban J connectivity index is 1.82. The van der Waals surface area contributed by atoms with Crippen LogP contribution in [0.1, 0.15) is 5.56 Å². The molecule has 1 aliphatic rings. The van der Waals surface area contributed by atoms with Crippen molar-refractivity contribution in [1.82, 2.24) is 14.8 Å². The van der Waals surface area contributed by atoms with Crippen LogP contribution < -0.4 is 5.32 Å². The molecule has 0 aliphatic carbocycles. The normalized spacial score (nSPS) is 15.0. The van der Waals surface area contributed by atoms with Crippen LogP contribution in [-0.4, -0.2) is 29.0 Å². The second-order valence-corrected chi connectivity index (χ2v) is 6.61. The summed E-state index contributed by atoms with van der Waals surface area (Å²) in [5, 5.41) is 10.4. The molecule has 0 amide bonds. The molecule has 0 bridgehead atoms. The van der Waals surface area contributed by atoms with E-state index in [-0.39, 0.29) is 16.3 Å². The predicted molar refractivity (Wildman–Crippen MR) is 85.1 cm³/mol. The molecule has 2 heterocycles. The van der Waals surface area contributed by atoms with E-state index in [2.05, 4.69) is 19.9 Å². The van der Waals surface area contributed by atoms with E-state index >= 15 is 0 Å². The van der Waals surface area contributed by atoms with Gasteiger partial charge in [0.15, 0.2) is 5.84 Å². The number of sulfonamides is 1. The number of fused-ring (bicyclic) bond motifs is 1. The van der Waals surface area contributed by atoms with Crippen LogP contribution in [0.25, 0.3) is 5.69 Å². The van der Waals surface area contributed by atoms with E-state index in [4.69, 9.17) is 0 Å². The second kappa shape index (κ2) is 5.24. The topological polar surface area (TPSA) is 89.2 Å². The molecule has 2 aromatic carbocycles. The summed E-state index contributed by atoms with van der Waals surface area (Å²) in [7, 11) is -3.91. The minimum atomic E-state index is -3.91. The number of nitrogens with one attached hydrogen (secondary N) is 1. The van der Waals surface area contributed by atoms with E-state index in [9.17, 15) is 12.8 Å². The molecule has 0 spiro atoms. The highest BCUT2D eigenvalue weighted by Gasteiger charge is 2.32. The van der Waals surface area contributed by atoms with Crippen molar-refractivity contribution in [2.45, 2.75) is 4.90 Å². The maximum Gasteiger partial charge on any atom is 0.285 e. The largest absolute Gasteiger partial charge is 0.337 e. The first-order chi connectivity index (χ1) is 11.6. The number of benzene rings is 2. The average molecular weight is 343 g/mol. The van der Waals surface area contributed by atoms with Gasteiger partial charge in [-0.15, -0.1) is 14.6 Å². The lowest BCUT2D eigenvalue weighted by Crippen LogP contribution is -2.14. The summed E-state index contributed by atoms with van der Waals surface area (Å²) in [5.74, 6) is -0.703. The molecule has 0 saturated carbocycles. The van der Waals surface area contributed by atoms with Crippen molar-refractivity contribution >= 4 is 21.5 Å². The number of amidine groups is 1. The molecule has 0 radical (unpaired) electrons. The van der Waals surface area contributed by atoms with Gasteiger partial charge in [-0.25, -0.2) is 4.39 Å². The zero-order chi connectivity index (χ0) is 16.7. The van der Waals surface area contributed by atoms with Crippen molar-refractivity contribution in [1.29, 1.82) is 0 Å². The Kier molecular flexibility index (Phi) is 3.17. The number of rotatable bonds is 2. The molecule has 0 fully saturated rings. The summed E-state index contributed by atoms with van der Waals surface area (Å²) in [5.41, 5.74) is 1.16. The van der Waals surface area contributed by atoms with Crippen molar-refractivity contribution in [3.05, 3.63) is 66.5 Å². The van der Waals surface area contributed by atoms with Gasteiger partial charge in [-0.1, -0.05) is 18.2 Å². The van der Waals surface area contributed by atoms with Crippen LogP contribution in [0.4, 0.5) is 10.1 Å². The predicted octanol–water partition coefficient (Wildman–Crippen LogP) is 1.97. The highest BCUT2D eigenvalue weighted by Crippen LogP contribution is 2.30. The van der Waals surface area contributed by atoms with E-state index in [1.54, 1.807) is 22.8 Å². The lowest BCUT2D eigenvalue weighted by Gasteiger charge is -2.12. The van der Waals surface area contributed by atoms with Gasteiger partial charge >= 0.3 is 0 Å². The number of nitrogens with zero attached hydrogens (tertiary/aromatic N) is 4. The molecular formula is C15H10FN5O2S. The molecule has 9 heteroatoms. The smallest absolute Gasteiger partial charge is 0.285 e. The molecule has 4 rings (SSSR count). The number of anilines is 1. The summed E-state index contributed by atoms with van der Waals surface area (Å²) in [6.45, 7) is 0. The first-order valence-corrected chi connectivity index (χ1v) is 8.35. The fraction of sp³-hybridized carbons (Fsp3) is 0. The summed E-state index contributed by atoms with van der Waals surface area (Å²) >= 11 is 0. The Bertz CT molecular complexity index is 1060. The molecule has 3 aromatic rings. The van der Waals surface area contributed by atoms with Gasteiger partial charge in [-0.3, -0.25) is 4.57 Å². The maximum atomic E-state index is 14.2. The average Bonchev–Trinajstić information content (AvgIpc) is 3.16. The second-order valence-electron chi connectivity index (χ2n) is 5.04. The highest BCUT2D eigenvalue weighted by atomic mass is 32.2. The molecule has 1 aliphatic heterocycles. The summed E-state index contributed by atoms with van der Waals surface area (Å²) in [6, 6.07) is 11.0. The fourth-order valence-electron chi connectivity index (χ4n) is 2.51. The van der Waals surface area contributed by atoms with Crippen LogP contribution >= 0.6 is 0 Å². The van der Waals surface area contributed by atoms with Gasteiger partial charge in [0.1, 0.15) is 23.4 Å². The van der Waals surface area contributed by atoms with Crippen molar-refractivity contribution in [3.8, 4) is 5.69 Å². The third kappa shape index (κ3) is 2.26. The van der Waals surface area contributed by atoms with Crippen LogP contribution in [0.3, 0.4) is 0 Å². The number of aromatic nitrogens is 3. The van der Waals surface area contributed by atoms with E-state index in [1.807, 2.05) is 6.07 Å². The summed E-state index contributed by atoms with van der Waals surface area (Å²) < 4.78 is 43.7. The number of halogens is 1. The van der Waals surface area contributed by atoms with Gasteiger partial charge < -0.3 is 5.32 Å². The van der Waals surface area contributed by atoms with Crippen molar-refractivity contribution in [2.75, 3.05) is 5.32 Å². The molecule has 7 nitrogen and oxygen atoms in total. The number of para-hydroxylation sites is 2. The monoisotopic (exact) mass is 343 g/mol. The van der Waals surface area contributed by atoms with Gasteiger partial charge in [0.2, 0.25) is 0 Å². The quantitative estimate of drug-likeness (QED) is 0.768. The van der Waals surface area contributed by atoms with E-state index in [1.165, 1.54) is 30.9 Å². The molecular weight excluding hydrogens is 333 g/mol. The Hall–Kier alpha value is -3.07. The third-order valence-electron chi connectivity index (χ3n) is 3.56. The van der Waals surface area contributed by atoms with Crippen LogP contribution in [0, 0.1) is 5.82 Å². The Labute approximate surface area is 136 Å². The van der Waals surface area contributed by atoms with E-state index in [0.717, 1.165) is 0 Å². The van der Waals surface area contributed by atoms with Crippen LogP contribution in [0.5, 0.6) is 0 Å². The van der Waals surface area contributed by atoms with Gasteiger partial charge in [0.05, 0.1) is 16.9 Å². The lowest BCUT2D eigenvalue weighted by atomic mass is 10.1. The molecule has 0 saturated heterocycles. The molecule has 1 N–H and O–H groups in total. The Morgan fingerprint density at radius 3 is 2.54 bits per heavy atom. The fourth-order valence-corrected chi connectivity index (χ4v) is 3.68. The lowest BCUT2D eigenvalue weighted by molar-refractivity contribution is 0.595. The van der Waals surface area contributed by atoms with Crippen molar-refractivity contribution in [3.63, 3.8) is 0 Å². The first-order valence-electron chi connectivity index (χ1n) is 6.91. The standard InChI is InChI=1S/C15H10FN5O2S/c16-10-4-3-7-13-14(10)15(20-24(13,22)23)19-11-5-1-2-6-12(11)21-8-17-18-9-21/h1-9H,(H,19,20). The van der Waals surface area contributed by atoms with Crippen LogP contribution in [0.2, 0.25) is 0 Å². The zero-order valence-electron chi connectivity index (χ0n) is 12.1. The minimum Gasteiger partial charge on any atom is -0.337 e. The minimum absolute atomic E-state index is 0.0522. The van der Waals surface area contributed by atoms with Gasteiger partial charge in [-0.2, -0.15) is 8.42 Å². The summed E-state index contributed by atoms with van der Waals surface area (Å²) in [6.07, 6.45) is 3.00. The molecule has 120 valence electrons. The van der Waals surface area contributed by atoms with E-state index < -0.39 is 15.8 Å². The zero-order valence-corrected chi connectivity index (χ0v) is 12.9. The molecule has 0 unspecified atom stereocenters. The Morgan fingerprint density at radius 1 is 1.00 bits per heavy atom. The van der Waals surface area contributed by atoms with Crippen LogP contribution in [0.15, 0.2) is 64.4 Å². The molecule has 1 aromatic heterocycles. The molecule has 0 atom stereocenters. The molecule has 24 heavy (non-hydrogen) atoms. The third-order valence-corrected chi connectivity index (χ3v) is 4.87.